The molecule has 0 radical (unpaired) electrons. The Balaban J connectivity index is 2.49. The lowest BCUT2D eigenvalue weighted by Gasteiger charge is -2.18. The Morgan fingerprint density at radius 1 is 1.12 bits per heavy atom. The predicted octanol–water partition coefficient (Wildman–Crippen LogP) is 2.01. The quantitative estimate of drug-likeness (QED) is 0.866. The maximum Gasteiger partial charge on any atom is 0.271 e. The van der Waals surface area contributed by atoms with Crippen molar-refractivity contribution in [3.63, 3.8) is 0 Å². The summed E-state index contributed by atoms with van der Waals surface area (Å²) in [5.41, 5.74) is 0.831. The van der Waals surface area contributed by atoms with Crippen LogP contribution in [0.3, 0.4) is 0 Å². The molecule has 7 heteroatoms. The third kappa shape index (κ3) is 4.17. The average molecular weight is 345 g/mol. The molecule has 0 aliphatic heterocycles. The van der Waals surface area contributed by atoms with Crippen LogP contribution in [0.1, 0.15) is 26.8 Å². The SMILES string of the molecule is COc1ccc(-c2nn(C(C)C(=O)NC(C)C)c(=O)cc2OC)cc1. The summed E-state index contributed by atoms with van der Waals surface area (Å²) in [6.07, 6.45) is 0. The Morgan fingerprint density at radius 2 is 1.76 bits per heavy atom. The van der Waals surface area contributed by atoms with Gasteiger partial charge in [0.15, 0.2) is 5.75 Å². The molecule has 1 amide bonds. The number of methoxy groups -OCH3 is 2. The van der Waals surface area contributed by atoms with Crippen LogP contribution < -0.4 is 20.3 Å². The highest BCUT2D eigenvalue weighted by Gasteiger charge is 2.21. The van der Waals surface area contributed by atoms with E-state index in [-0.39, 0.29) is 11.9 Å². The predicted molar refractivity (Wildman–Crippen MR) is 95.0 cm³/mol. The van der Waals surface area contributed by atoms with Crippen molar-refractivity contribution in [2.75, 3.05) is 14.2 Å². The van der Waals surface area contributed by atoms with Crippen LogP contribution in [-0.2, 0) is 4.79 Å². The molecule has 1 N–H and O–H groups in total. The fourth-order valence-electron chi connectivity index (χ4n) is 2.35. The number of carbonyl (C=O) groups is 1. The molecule has 25 heavy (non-hydrogen) atoms. The van der Waals surface area contributed by atoms with Crippen molar-refractivity contribution in [1.82, 2.24) is 15.1 Å². The van der Waals surface area contributed by atoms with E-state index in [2.05, 4.69) is 10.4 Å². The largest absolute Gasteiger partial charge is 0.497 e. The van der Waals surface area contributed by atoms with E-state index in [1.54, 1.807) is 26.2 Å². The van der Waals surface area contributed by atoms with E-state index in [4.69, 9.17) is 9.47 Å². The van der Waals surface area contributed by atoms with Crippen LogP contribution in [0.5, 0.6) is 11.5 Å². The van der Waals surface area contributed by atoms with Crippen LogP contribution >= 0.6 is 0 Å². The first kappa shape index (κ1) is 18.5. The standard InChI is InChI=1S/C18H23N3O4/c1-11(2)19-18(23)12(3)21-16(22)10-15(25-5)17(20-21)13-6-8-14(24-4)9-7-13/h6-12H,1-5H3,(H,19,23). The Morgan fingerprint density at radius 3 is 2.28 bits per heavy atom. The van der Waals surface area contributed by atoms with Gasteiger partial charge in [-0.1, -0.05) is 0 Å². The first-order valence-corrected chi connectivity index (χ1v) is 8.00. The zero-order chi connectivity index (χ0) is 18.6. The van der Waals surface area contributed by atoms with Gasteiger partial charge in [-0.05, 0) is 45.0 Å². The molecule has 2 rings (SSSR count). The van der Waals surface area contributed by atoms with E-state index in [0.717, 1.165) is 5.56 Å². The van der Waals surface area contributed by atoms with Crippen molar-refractivity contribution in [2.24, 2.45) is 0 Å². The van der Waals surface area contributed by atoms with Gasteiger partial charge in [0.1, 0.15) is 17.5 Å². The van der Waals surface area contributed by atoms with E-state index < -0.39 is 11.6 Å². The minimum atomic E-state index is -0.738. The molecule has 0 aliphatic carbocycles. The van der Waals surface area contributed by atoms with Gasteiger partial charge < -0.3 is 14.8 Å². The van der Waals surface area contributed by atoms with E-state index in [1.807, 2.05) is 26.0 Å². The van der Waals surface area contributed by atoms with Crippen LogP contribution in [0.4, 0.5) is 0 Å². The number of nitrogens with one attached hydrogen (secondary N) is 1. The second-order valence-corrected chi connectivity index (χ2v) is 5.91. The number of rotatable bonds is 6. The monoisotopic (exact) mass is 345 g/mol. The third-order valence-corrected chi connectivity index (χ3v) is 3.68. The van der Waals surface area contributed by atoms with E-state index in [9.17, 15) is 9.59 Å². The molecule has 0 bridgehead atoms. The number of ether oxygens (including phenoxy) is 2. The first-order chi connectivity index (χ1) is 11.9. The second-order valence-electron chi connectivity index (χ2n) is 5.91. The molecule has 0 saturated carbocycles. The number of amides is 1. The van der Waals surface area contributed by atoms with E-state index >= 15 is 0 Å². The molecule has 1 heterocycles. The number of aromatic nitrogens is 2. The average Bonchev–Trinajstić information content (AvgIpc) is 2.60. The van der Waals surface area contributed by atoms with Crippen LogP contribution in [0.2, 0.25) is 0 Å². The summed E-state index contributed by atoms with van der Waals surface area (Å²) < 4.78 is 11.6. The molecule has 1 aromatic heterocycles. The Bertz CT molecular complexity index is 797. The van der Waals surface area contributed by atoms with E-state index in [1.165, 1.54) is 17.9 Å². The summed E-state index contributed by atoms with van der Waals surface area (Å²) in [5.74, 6) is 0.791. The minimum absolute atomic E-state index is 0.0232. The minimum Gasteiger partial charge on any atom is -0.497 e. The summed E-state index contributed by atoms with van der Waals surface area (Å²) in [7, 11) is 3.06. The Hall–Kier alpha value is -2.83. The van der Waals surface area contributed by atoms with Crippen molar-refractivity contribution < 1.29 is 14.3 Å². The fourth-order valence-corrected chi connectivity index (χ4v) is 2.35. The molecule has 1 atom stereocenters. The third-order valence-electron chi connectivity index (χ3n) is 3.68. The smallest absolute Gasteiger partial charge is 0.271 e. The maximum absolute atomic E-state index is 12.3. The molecule has 7 nitrogen and oxygen atoms in total. The van der Waals surface area contributed by atoms with Gasteiger partial charge in [0.05, 0.1) is 14.2 Å². The summed E-state index contributed by atoms with van der Waals surface area (Å²) >= 11 is 0. The molecular weight excluding hydrogens is 322 g/mol. The topological polar surface area (TPSA) is 82.5 Å². The van der Waals surface area contributed by atoms with Gasteiger partial charge in [-0.3, -0.25) is 9.59 Å². The highest BCUT2D eigenvalue weighted by atomic mass is 16.5. The van der Waals surface area contributed by atoms with Crippen molar-refractivity contribution in [1.29, 1.82) is 0 Å². The van der Waals surface area contributed by atoms with Crippen molar-refractivity contribution in [2.45, 2.75) is 32.9 Å². The number of carbonyl (C=O) groups excluding carboxylic acids is 1. The summed E-state index contributed by atoms with van der Waals surface area (Å²) in [6, 6.07) is 7.80. The molecular formula is C18H23N3O4. The van der Waals surface area contributed by atoms with E-state index in [0.29, 0.717) is 17.2 Å². The number of hydrogen-bond acceptors (Lipinski definition) is 5. The van der Waals surface area contributed by atoms with Gasteiger partial charge in [-0.2, -0.15) is 5.10 Å². The normalized spacial score (nSPS) is 11.9. The van der Waals surface area contributed by atoms with Gasteiger partial charge in [-0.25, -0.2) is 4.68 Å². The van der Waals surface area contributed by atoms with Crippen molar-refractivity contribution in [3.8, 4) is 22.8 Å². The summed E-state index contributed by atoms with van der Waals surface area (Å²) in [6.45, 7) is 5.35. The first-order valence-electron chi connectivity index (χ1n) is 8.00. The molecule has 0 aliphatic rings. The molecule has 2 aromatic rings. The van der Waals surface area contributed by atoms with Gasteiger partial charge in [-0.15, -0.1) is 0 Å². The van der Waals surface area contributed by atoms with Crippen molar-refractivity contribution >= 4 is 5.91 Å². The number of nitrogens with zero attached hydrogens (tertiary/aromatic N) is 2. The zero-order valence-electron chi connectivity index (χ0n) is 15.1. The second kappa shape index (κ2) is 7.83. The van der Waals surface area contributed by atoms with Gasteiger partial charge in [0, 0.05) is 17.7 Å². The lowest BCUT2D eigenvalue weighted by molar-refractivity contribution is -0.124. The molecule has 0 saturated heterocycles. The maximum atomic E-state index is 12.3. The van der Waals surface area contributed by atoms with Crippen LogP contribution in [0.15, 0.2) is 35.1 Å². The molecule has 1 unspecified atom stereocenters. The highest BCUT2D eigenvalue weighted by molar-refractivity contribution is 5.80. The van der Waals surface area contributed by atoms with Crippen LogP contribution in [-0.4, -0.2) is 35.9 Å². The van der Waals surface area contributed by atoms with Gasteiger partial charge in [0.25, 0.3) is 5.56 Å². The molecule has 1 aromatic carbocycles. The van der Waals surface area contributed by atoms with Crippen LogP contribution in [0, 0.1) is 0 Å². The number of hydrogen-bond donors (Lipinski definition) is 1. The lowest BCUT2D eigenvalue weighted by Crippen LogP contribution is -2.39. The molecule has 0 spiro atoms. The van der Waals surface area contributed by atoms with Gasteiger partial charge >= 0.3 is 0 Å². The molecule has 0 fully saturated rings. The highest BCUT2D eigenvalue weighted by Crippen LogP contribution is 2.28. The Kier molecular flexibility index (Phi) is 5.80. The zero-order valence-corrected chi connectivity index (χ0v) is 15.1. The van der Waals surface area contributed by atoms with Crippen LogP contribution in [0.25, 0.3) is 11.3 Å². The lowest BCUT2D eigenvalue weighted by atomic mass is 10.1. The summed E-state index contributed by atoms with van der Waals surface area (Å²) in [5, 5.41) is 7.16. The fraction of sp³-hybridized carbons (Fsp3) is 0.389. The summed E-state index contributed by atoms with van der Waals surface area (Å²) in [4.78, 5) is 24.6. The molecule has 134 valence electrons. The van der Waals surface area contributed by atoms with Crippen molar-refractivity contribution in [3.05, 3.63) is 40.7 Å². The number of benzene rings is 1. The Labute approximate surface area is 146 Å². The van der Waals surface area contributed by atoms with Gasteiger partial charge in [0.2, 0.25) is 5.91 Å².